The number of carbonyl (C=O) groups excluding carboxylic acids is 1. The van der Waals surface area contributed by atoms with Gasteiger partial charge >= 0.3 is 12.4 Å². The van der Waals surface area contributed by atoms with Crippen LogP contribution in [-0.2, 0) is 26.8 Å². The summed E-state index contributed by atoms with van der Waals surface area (Å²) in [6.45, 7) is -0.384. The number of sulfonamides is 1. The monoisotopic (exact) mass is 633 g/mol. The molecular formula is C29H26F7NO5S. The summed E-state index contributed by atoms with van der Waals surface area (Å²) in [6.07, 6.45) is -13.2. The van der Waals surface area contributed by atoms with Crippen LogP contribution in [0.3, 0.4) is 0 Å². The smallest absolute Gasteiger partial charge is 0.396 e. The molecule has 3 aromatic carbocycles. The molecule has 1 aliphatic rings. The van der Waals surface area contributed by atoms with Crippen molar-refractivity contribution >= 4 is 21.5 Å². The Hall–Kier alpha value is -3.49. The average molecular weight is 634 g/mol. The van der Waals surface area contributed by atoms with E-state index in [1.807, 2.05) is 0 Å². The lowest BCUT2D eigenvalue weighted by atomic mass is 9.86. The topological polar surface area (TPSA) is 94.9 Å². The Morgan fingerprint density at radius 3 is 2.09 bits per heavy atom. The van der Waals surface area contributed by atoms with Gasteiger partial charge in [-0.25, -0.2) is 12.8 Å². The molecule has 1 aliphatic heterocycles. The second-order valence-electron chi connectivity index (χ2n) is 10.2. The van der Waals surface area contributed by atoms with Crippen molar-refractivity contribution in [2.24, 2.45) is 0 Å². The molecule has 14 heteroatoms. The molecule has 0 saturated heterocycles. The molecule has 0 unspecified atom stereocenters. The van der Waals surface area contributed by atoms with Crippen LogP contribution < -0.4 is 4.31 Å². The maximum Gasteiger partial charge on any atom is 0.430 e. The number of hydrogen-bond acceptors (Lipinski definition) is 5. The number of nitrogens with zero attached hydrogens (tertiary/aromatic N) is 1. The molecule has 0 saturated carbocycles. The van der Waals surface area contributed by atoms with E-state index < -0.39 is 62.0 Å². The van der Waals surface area contributed by atoms with Crippen LogP contribution in [0.1, 0.15) is 41.9 Å². The van der Waals surface area contributed by atoms with Gasteiger partial charge in [-0.3, -0.25) is 9.10 Å². The predicted octanol–water partition coefficient (Wildman–Crippen LogP) is 5.77. The van der Waals surface area contributed by atoms with Crippen molar-refractivity contribution < 1.29 is 54.2 Å². The number of anilines is 1. The van der Waals surface area contributed by atoms with Gasteiger partial charge in [0.1, 0.15) is 11.6 Å². The van der Waals surface area contributed by atoms with Gasteiger partial charge in [0.2, 0.25) is 0 Å². The second-order valence-corrected chi connectivity index (χ2v) is 12.0. The van der Waals surface area contributed by atoms with E-state index in [0.717, 1.165) is 34.6 Å². The first-order valence-corrected chi connectivity index (χ1v) is 14.4. The van der Waals surface area contributed by atoms with Crippen LogP contribution >= 0.6 is 0 Å². The quantitative estimate of drug-likeness (QED) is 0.292. The standard InChI is InChI=1S/C29H26F7NO5S/c30-22-8-11-25(12-9-22)43(41,42)37-23(16-24(39)15-20(17-38)18-4-2-1-3-5-18)10-6-19-14-21(7-13-26(19)37)27(40,28(31,32)33)29(34,35)36/h1-5,7-9,11-14,20,23,38,40H,6,10,15-17H2/t20-,23+/m1/s1. The molecule has 3 aromatic rings. The van der Waals surface area contributed by atoms with E-state index in [4.69, 9.17) is 0 Å². The highest BCUT2D eigenvalue weighted by molar-refractivity contribution is 7.92. The number of fused-ring (bicyclic) bond motifs is 1. The van der Waals surface area contributed by atoms with Crippen molar-refractivity contribution in [1.82, 2.24) is 0 Å². The number of hydrogen-bond donors (Lipinski definition) is 2. The van der Waals surface area contributed by atoms with Gasteiger partial charge in [0, 0.05) is 24.3 Å². The molecule has 0 radical (unpaired) electrons. The van der Waals surface area contributed by atoms with Gasteiger partial charge in [-0.1, -0.05) is 42.5 Å². The first-order chi connectivity index (χ1) is 20.0. The summed E-state index contributed by atoms with van der Waals surface area (Å²) in [4.78, 5) is 12.7. The molecule has 0 aromatic heterocycles. The van der Waals surface area contributed by atoms with E-state index >= 15 is 0 Å². The van der Waals surface area contributed by atoms with Crippen LogP contribution in [-0.4, -0.2) is 49.4 Å². The predicted molar refractivity (Wildman–Crippen MR) is 141 cm³/mol. The fourth-order valence-electron chi connectivity index (χ4n) is 5.21. The highest BCUT2D eigenvalue weighted by Gasteiger charge is 2.71. The summed E-state index contributed by atoms with van der Waals surface area (Å²) in [5.74, 6) is -1.81. The molecule has 2 N–H and O–H groups in total. The fourth-order valence-corrected chi connectivity index (χ4v) is 6.93. The van der Waals surface area contributed by atoms with Crippen LogP contribution in [0.5, 0.6) is 0 Å². The molecule has 0 amide bonds. The van der Waals surface area contributed by atoms with Gasteiger partial charge in [0.15, 0.2) is 0 Å². The van der Waals surface area contributed by atoms with Gasteiger partial charge in [0.25, 0.3) is 15.6 Å². The Balaban J connectivity index is 1.76. The minimum Gasteiger partial charge on any atom is -0.396 e. The zero-order valence-electron chi connectivity index (χ0n) is 22.2. The first kappa shape index (κ1) is 32.4. The van der Waals surface area contributed by atoms with E-state index in [1.165, 1.54) is 0 Å². The molecule has 4 rings (SSSR count). The van der Waals surface area contributed by atoms with Crippen molar-refractivity contribution in [3.05, 3.63) is 95.3 Å². The highest BCUT2D eigenvalue weighted by atomic mass is 32.2. The minimum atomic E-state index is -6.15. The number of alkyl halides is 6. The summed E-state index contributed by atoms with van der Waals surface area (Å²) < 4.78 is 123. The summed E-state index contributed by atoms with van der Waals surface area (Å²) in [6, 6.07) is 12.6. The Morgan fingerprint density at radius 2 is 1.53 bits per heavy atom. The Morgan fingerprint density at radius 1 is 0.930 bits per heavy atom. The number of aliphatic hydroxyl groups is 2. The van der Waals surface area contributed by atoms with Crippen LogP contribution in [0, 0.1) is 5.82 Å². The Labute approximate surface area is 242 Å². The van der Waals surface area contributed by atoms with Crippen LogP contribution in [0.15, 0.2) is 77.7 Å². The zero-order valence-corrected chi connectivity index (χ0v) is 23.1. The third-order valence-corrected chi connectivity index (χ3v) is 9.31. The van der Waals surface area contributed by atoms with Crippen molar-refractivity contribution in [2.45, 2.75) is 60.5 Å². The number of rotatable bonds is 9. The largest absolute Gasteiger partial charge is 0.430 e. The summed E-state index contributed by atoms with van der Waals surface area (Å²) >= 11 is 0. The zero-order chi connectivity index (χ0) is 31.8. The highest BCUT2D eigenvalue weighted by Crippen LogP contribution is 2.51. The van der Waals surface area contributed by atoms with Gasteiger partial charge in [-0.2, -0.15) is 26.3 Å². The van der Waals surface area contributed by atoms with E-state index in [0.29, 0.717) is 17.7 Å². The van der Waals surface area contributed by atoms with Gasteiger partial charge < -0.3 is 10.2 Å². The van der Waals surface area contributed by atoms with Gasteiger partial charge in [-0.15, -0.1) is 0 Å². The second kappa shape index (κ2) is 11.9. The summed E-state index contributed by atoms with van der Waals surface area (Å²) in [5, 5.41) is 19.7. The summed E-state index contributed by atoms with van der Waals surface area (Å²) in [7, 11) is -4.62. The summed E-state index contributed by atoms with van der Waals surface area (Å²) in [5.41, 5.74) is -6.63. The van der Waals surface area contributed by atoms with Gasteiger partial charge in [-0.05, 0) is 54.3 Å². The van der Waals surface area contributed by atoms with Crippen molar-refractivity contribution in [3.63, 3.8) is 0 Å². The third kappa shape index (κ3) is 6.27. The molecule has 1 heterocycles. The molecule has 0 fully saturated rings. The van der Waals surface area contributed by atoms with Crippen molar-refractivity contribution in [1.29, 1.82) is 0 Å². The lowest BCUT2D eigenvalue weighted by molar-refractivity contribution is -0.376. The number of Topliss-reactive ketones (excluding diaryl/α,β-unsaturated/α-hetero) is 1. The number of carbonyl (C=O) groups is 1. The van der Waals surface area contributed by atoms with Crippen LogP contribution in [0.4, 0.5) is 36.4 Å². The number of aliphatic hydroxyl groups excluding tert-OH is 1. The molecule has 0 bridgehead atoms. The average Bonchev–Trinajstić information content (AvgIpc) is 2.94. The van der Waals surface area contributed by atoms with Crippen LogP contribution in [0.25, 0.3) is 0 Å². The lowest BCUT2D eigenvalue weighted by Gasteiger charge is -2.39. The number of benzene rings is 3. The van der Waals surface area contributed by atoms with Gasteiger partial charge in [0.05, 0.1) is 23.2 Å². The minimum absolute atomic E-state index is 0.169. The van der Waals surface area contributed by atoms with Crippen molar-refractivity contribution in [3.8, 4) is 0 Å². The fraction of sp³-hybridized carbons (Fsp3) is 0.345. The van der Waals surface area contributed by atoms with Crippen LogP contribution in [0.2, 0.25) is 0 Å². The van der Waals surface area contributed by atoms with E-state index in [9.17, 15) is 54.2 Å². The first-order valence-electron chi connectivity index (χ1n) is 13.0. The lowest BCUT2D eigenvalue weighted by Crippen LogP contribution is -2.54. The molecular weight excluding hydrogens is 607 g/mol. The number of aryl methyl sites for hydroxylation is 1. The Bertz CT molecular complexity index is 1540. The van der Waals surface area contributed by atoms with E-state index in [-0.39, 0.29) is 43.5 Å². The molecule has 43 heavy (non-hydrogen) atoms. The third-order valence-electron chi connectivity index (χ3n) is 7.43. The maximum atomic E-state index is 13.8. The number of ketones is 1. The Kier molecular flexibility index (Phi) is 8.96. The van der Waals surface area contributed by atoms with E-state index in [2.05, 4.69) is 0 Å². The molecule has 232 valence electrons. The number of halogens is 7. The van der Waals surface area contributed by atoms with E-state index in [1.54, 1.807) is 30.3 Å². The molecule has 2 atom stereocenters. The van der Waals surface area contributed by atoms with Crippen molar-refractivity contribution in [2.75, 3.05) is 10.9 Å². The normalized spacial score (nSPS) is 17.0. The SMILES string of the molecule is O=C(C[C@H](CO)c1ccccc1)C[C@@H]1CCc2cc(C(O)(C(F)(F)F)C(F)(F)F)ccc2N1S(=O)(=O)c1ccc(F)cc1. The molecule has 6 nitrogen and oxygen atoms in total. The molecule has 0 aliphatic carbocycles. The molecule has 0 spiro atoms. The maximum absolute atomic E-state index is 13.8.